The maximum Gasteiger partial charge on any atom is 0.243 e. The summed E-state index contributed by atoms with van der Waals surface area (Å²) in [4.78, 5) is 0.259. The van der Waals surface area contributed by atoms with E-state index in [1.165, 1.54) is 4.31 Å². The van der Waals surface area contributed by atoms with E-state index in [2.05, 4.69) is 5.92 Å². The second kappa shape index (κ2) is 6.40. The average Bonchev–Trinajstić information content (AvgIpc) is 3.23. The Labute approximate surface area is 120 Å². The van der Waals surface area contributed by atoms with E-state index in [9.17, 15) is 8.42 Å². The van der Waals surface area contributed by atoms with Crippen LogP contribution in [0.25, 0.3) is 0 Å². The minimum atomic E-state index is -3.52. The number of rotatable bonds is 7. The first-order valence-electron chi connectivity index (χ1n) is 6.71. The van der Waals surface area contributed by atoms with Gasteiger partial charge in [0.05, 0.1) is 11.4 Å². The molecule has 0 unspecified atom stereocenters. The van der Waals surface area contributed by atoms with Crippen molar-refractivity contribution in [2.75, 3.05) is 19.7 Å². The Hall–Kier alpha value is -1.35. The molecule has 1 aromatic rings. The maximum absolute atomic E-state index is 12.5. The Kier molecular flexibility index (Phi) is 4.81. The fraction of sp³-hybridized carbons (Fsp3) is 0.467. The van der Waals surface area contributed by atoms with Gasteiger partial charge >= 0.3 is 0 Å². The second-order valence-electron chi connectivity index (χ2n) is 5.06. The quantitative estimate of drug-likeness (QED) is 0.770. The zero-order valence-corrected chi connectivity index (χ0v) is 12.1. The maximum atomic E-state index is 12.5. The molecule has 1 aromatic carbocycles. The topological polar surface area (TPSA) is 57.6 Å². The molecule has 0 radical (unpaired) electrons. The summed E-state index contributed by atoms with van der Waals surface area (Å²) >= 11 is 0. The molecule has 4 nitrogen and oxygen atoms in total. The molecule has 0 amide bonds. The summed E-state index contributed by atoms with van der Waals surface area (Å²) < 4.78 is 26.5. The Morgan fingerprint density at radius 3 is 2.45 bits per heavy atom. The van der Waals surface area contributed by atoms with Gasteiger partial charge in [0.15, 0.2) is 0 Å². The van der Waals surface area contributed by atoms with Crippen LogP contribution in [0.2, 0.25) is 0 Å². The van der Waals surface area contributed by atoms with Crippen LogP contribution in [-0.2, 0) is 16.4 Å². The van der Waals surface area contributed by atoms with Crippen LogP contribution in [0.15, 0.2) is 29.2 Å². The van der Waals surface area contributed by atoms with E-state index in [1.54, 1.807) is 24.3 Å². The van der Waals surface area contributed by atoms with E-state index in [0.717, 1.165) is 18.4 Å². The number of nitrogens with zero attached hydrogens (tertiary/aromatic N) is 1. The molecule has 0 bridgehead atoms. The van der Waals surface area contributed by atoms with E-state index in [1.807, 2.05) is 0 Å². The first-order valence-corrected chi connectivity index (χ1v) is 8.15. The Balaban J connectivity index is 2.19. The molecule has 0 atom stereocenters. The summed E-state index contributed by atoms with van der Waals surface area (Å²) in [5.74, 6) is 2.87. The first kappa shape index (κ1) is 15.0. The first-order chi connectivity index (χ1) is 9.57. The van der Waals surface area contributed by atoms with Crippen LogP contribution in [0.3, 0.4) is 0 Å². The van der Waals surface area contributed by atoms with Gasteiger partial charge in [-0.25, -0.2) is 8.42 Å². The van der Waals surface area contributed by atoms with Crippen molar-refractivity contribution >= 4 is 10.0 Å². The summed E-state index contributed by atoms with van der Waals surface area (Å²) in [6.45, 7) is 0.666. The molecule has 0 heterocycles. The van der Waals surface area contributed by atoms with Crippen molar-refractivity contribution in [3.63, 3.8) is 0 Å². The highest BCUT2D eigenvalue weighted by atomic mass is 32.2. The molecule has 1 saturated carbocycles. The van der Waals surface area contributed by atoms with Crippen molar-refractivity contribution < 1.29 is 13.5 Å². The Morgan fingerprint density at radius 2 is 1.95 bits per heavy atom. The smallest absolute Gasteiger partial charge is 0.243 e. The molecule has 0 saturated heterocycles. The third-order valence-corrected chi connectivity index (χ3v) is 5.21. The highest BCUT2D eigenvalue weighted by molar-refractivity contribution is 7.89. The number of hydrogen-bond donors (Lipinski definition) is 1. The summed E-state index contributed by atoms with van der Waals surface area (Å²) in [6.07, 6.45) is 7.96. The van der Waals surface area contributed by atoms with Gasteiger partial charge in [0.25, 0.3) is 0 Å². The van der Waals surface area contributed by atoms with Crippen LogP contribution in [0.5, 0.6) is 0 Å². The molecule has 1 fully saturated rings. The molecule has 1 aliphatic carbocycles. The van der Waals surface area contributed by atoms with E-state index < -0.39 is 10.0 Å². The van der Waals surface area contributed by atoms with Crippen molar-refractivity contribution in [3.8, 4) is 12.3 Å². The third kappa shape index (κ3) is 3.60. The van der Waals surface area contributed by atoms with Crippen LogP contribution in [-0.4, -0.2) is 37.5 Å². The largest absolute Gasteiger partial charge is 0.396 e. The van der Waals surface area contributed by atoms with E-state index in [0.29, 0.717) is 18.9 Å². The van der Waals surface area contributed by atoms with Gasteiger partial charge < -0.3 is 5.11 Å². The molecule has 0 spiro atoms. The van der Waals surface area contributed by atoms with Crippen LogP contribution >= 0.6 is 0 Å². The predicted molar refractivity (Wildman–Crippen MR) is 77.5 cm³/mol. The van der Waals surface area contributed by atoms with E-state index >= 15 is 0 Å². The number of terminal acetylenes is 1. The van der Waals surface area contributed by atoms with Gasteiger partial charge in [-0.15, -0.1) is 6.42 Å². The zero-order chi connectivity index (χ0) is 14.6. The summed E-state index contributed by atoms with van der Waals surface area (Å²) in [7, 11) is -3.52. The van der Waals surface area contributed by atoms with Gasteiger partial charge in [-0.3, -0.25) is 0 Å². The molecular formula is C15H19NO3S. The van der Waals surface area contributed by atoms with Crippen LogP contribution in [0, 0.1) is 18.3 Å². The van der Waals surface area contributed by atoms with Crippen molar-refractivity contribution in [2.45, 2.75) is 24.2 Å². The van der Waals surface area contributed by atoms with Gasteiger partial charge in [-0.05, 0) is 42.9 Å². The second-order valence-corrected chi connectivity index (χ2v) is 7.00. The molecule has 0 aromatic heterocycles. The molecule has 2 rings (SSSR count). The fourth-order valence-corrected chi connectivity index (χ4v) is 3.47. The number of benzene rings is 1. The lowest BCUT2D eigenvalue weighted by atomic mass is 10.2. The van der Waals surface area contributed by atoms with Gasteiger partial charge in [0.1, 0.15) is 0 Å². The molecule has 0 aliphatic heterocycles. The molecule has 1 N–H and O–H groups in total. The van der Waals surface area contributed by atoms with Gasteiger partial charge in [-0.1, -0.05) is 18.1 Å². The molecule has 20 heavy (non-hydrogen) atoms. The minimum Gasteiger partial charge on any atom is -0.396 e. The number of hydrogen-bond acceptors (Lipinski definition) is 3. The average molecular weight is 293 g/mol. The number of aliphatic hydroxyl groups is 1. The van der Waals surface area contributed by atoms with Crippen molar-refractivity contribution in [3.05, 3.63) is 29.8 Å². The third-order valence-electron chi connectivity index (χ3n) is 3.39. The molecule has 5 heteroatoms. The molecular weight excluding hydrogens is 274 g/mol. The minimum absolute atomic E-state index is 0.0526. The van der Waals surface area contributed by atoms with Crippen molar-refractivity contribution in [2.24, 2.45) is 5.92 Å². The Bertz CT molecular complexity index is 583. The lowest BCUT2D eigenvalue weighted by molar-refractivity contribution is 0.299. The molecule has 108 valence electrons. The SMILES string of the molecule is C#CCN(CC1CC1)S(=O)(=O)c1ccc(CCO)cc1. The summed E-state index contributed by atoms with van der Waals surface area (Å²) in [5, 5.41) is 8.86. The van der Waals surface area contributed by atoms with Gasteiger partial charge in [0, 0.05) is 13.2 Å². The Morgan fingerprint density at radius 1 is 1.30 bits per heavy atom. The monoisotopic (exact) mass is 293 g/mol. The molecule has 1 aliphatic rings. The van der Waals surface area contributed by atoms with Crippen LogP contribution in [0.1, 0.15) is 18.4 Å². The summed E-state index contributed by atoms with van der Waals surface area (Å²) in [5.41, 5.74) is 0.914. The van der Waals surface area contributed by atoms with Crippen molar-refractivity contribution in [1.29, 1.82) is 0 Å². The lowest BCUT2D eigenvalue weighted by Gasteiger charge is -2.19. The fourth-order valence-electron chi connectivity index (χ4n) is 2.04. The lowest BCUT2D eigenvalue weighted by Crippen LogP contribution is -2.33. The van der Waals surface area contributed by atoms with E-state index in [4.69, 9.17) is 11.5 Å². The number of sulfonamides is 1. The normalized spacial score (nSPS) is 15.2. The predicted octanol–water partition coefficient (Wildman–Crippen LogP) is 1.26. The van der Waals surface area contributed by atoms with E-state index in [-0.39, 0.29) is 18.0 Å². The zero-order valence-electron chi connectivity index (χ0n) is 11.3. The highest BCUT2D eigenvalue weighted by Crippen LogP contribution is 2.31. The highest BCUT2D eigenvalue weighted by Gasteiger charge is 2.31. The standard InChI is InChI=1S/C15H19NO3S/c1-2-10-16(12-14-3-4-14)20(18,19)15-7-5-13(6-8-15)9-11-17/h1,5-8,14,17H,3-4,9-12H2. The van der Waals surface area contributed by atoms with Crippen molar-refractivity contribution in [1.82, 2.24) is 4.31 Å². The summed E-state index contributed by atoms with van der Waals surface area (Å²) in [6, 6.07) is 6.62. The number of aliphatic hydroxyl groups excluding tert-OH is 1. The van der Waals surface area contributed by atoms with Crippen LogP contribution in [0.4, 0.5) is 0 Å². The van der Waals surface area contributed by atoms with Gasteiger partial charge in [0.2, 0.25) is 10.0 Å². The van der Waals surface area contributed by atoms with Gasteiger partial charge in [-0.2, -0.15) is 4.31 Å². The van der Waals surface area contributed by atoms with Crippen LogP contribution < -0.4 is 0 Å².